The van der Waals surface area contributed by atoms with Gasteiger partial charge in [0.15, 0.2) is 0 Å². The first-order valence-electron chi connectivity index (χ1n) is 8.38. The Hall–Kier alpha value is -1.47. The molecule has 3 atom stereocenters. The van der Waals surface area contributed by atoms with Crippen LogP contribution in [0.1, 0.15) is 48.0 Å². The lowest BCUT2D eigenvalue weighted by Gasteiger charge is -2.27. The quantitative estimate of drug-likeness (QED) is 0.559. The molecule has 1 heterocycles. The zero-order valence-corrected chi connectivity index (χ0v) is 15.5. The number of carbonyl (C=O) groups excluding carboxylic acids is 3. The largest absolute Gasteiger partial charge is 0.369 e. The standard InChI is InChI=1S/C17H31N3O4/c1-10(2)11(14(22)19-9-16(3,4)15(18)23)7-13-12(8-21)20-17(5,6)24-13/h8,10-13,20H,7,9H2,1-6H3,(H2,18,23)(H,19,22)/t11-,12+,13+/m0/s1. The van der Waals surface area contributed by atoms with Crippen molar-refractivity contribution in [1.29, 1.82) is 0 Å². The second kappa shape index (κ2) is 7.61. The average molecular weight is 341 g/mol. The van der Waals surface area contributed by atoms with E-state index in [0.717, 1.165) is 6.29 Å². The Morgan fingerprint density at radius 1 is 1.38 bits per heavy atom. The summed E-state index contributed by atoms with van der Waals surface area (Å²) >= 11 is 0. The molecule has 1 aliphatic heterocycles. The van der Waals surface area contributed by atoms with E-state index in [0.29, 0.717) is 6.42 Å². The number of aldehydes is 1. The van der Waals surface area contributed by atoms with Crippen LogP contribution >= 0.6 is 0 Å². The zero-order valence-electron chi connectivity index (χ0n) is 15.5. The first-order valence-corrected chi connectivity index (χ1v) is 8.38. The second-order valence-electron chi connectivity index (χ2n) is 8.02. The SMILES string of the molecule is CC(C)[C@H](C[C@H]1OC(C)(C)N[C@@H]1C=O)C(=O)NCC(C)(C)C(N)=O. The lowest BCUT2D eigenvalue weighted by Crippen LogP contribution is -2.46. The van der Waals surface area contributed by atoms with Crippen LogP contribution in [0.2, 0.25) is 0 Å². The highest BCUT2D eigenvalue weighted by Crippen LogP contribution is 2.28. The monoisotopic (exact) mass is 341 g/mol. The highest BCUT2D eigenvalue weighted by atomic mass is 16.5. The summed E-state index contributed by atoms with van der Waals surface area (Å²) in [5, 5.41) is 5.91. The Bertz CT molecular complexity index is 488. The van der Waals surface area contributed by atoms with Crippen LogP contribution in [0.5, 0.6) is 0 Å². The van der Waals surface area contributed by atoms with E-state index in [9.17, 15) is 14.4 Å². The minimum Gasteiger partial charge on any atom is -0.369 e. The molecule has 1 fully saturated rings. The molecule has 0 unspecified atom stereocenters. The van der Waals surface area contributed by atoms with Gasteiger partial charge in [-0.15, -0.1) is 0 Å². The van der Waals surface area contributed by atoms with E-state index < -0.39 is 23.1 Å². The Morgan fingerprint density at radius 3 is 2.42 bits per heavy atom. The van der Waals surface area contributed by atoms with Crippen LogP contribution in [0.3, 0.4) is 0 Å². The van der Waals surface area contributed by atoms with Crippen molar-refractivity contribution in [3.05, 3.63) is 0 Å². The van der Waals surface area contributed by atoms with Gasteiger partial charge in [-0.1, -0.05) is 13.8 Å². The van der Waals surface area contributed by atoms with E-state index >= 15 is 0 Å². The fourth-order valence-electron chi connectivity index (χ4n) is 2.75. The molecule has 0 saturated carbocycles. The number of nitrogens with one attached hydrogen (secondary N) is 2. The van der Waals surface area contributed by atoms with Crippen molar-refractivity contribution < 1.29 is 19.1 Å². The maximum atomic E-state index is 12.6. The first-order chi connectivity index (χ1) is 10.9. The summed E-state index contributed by atoms with van der Waals surface area (Å²) < 4.78 is 5.87. The van der Waals surface area contributed by atoms with E-state index in [1.54, 1.807) is 13.8 Å². The van der Waals surface area contributed by atoms with Gasteiger partial charge in [0.05, 0.1) is 17.6 Å². The molecule has 7 heteroatoms. The van der Waals surface area contributed by atoms with Gasteiger partial charge in [-0.05, 0) is 40.0 Å². The highest BCUT2D eigenvalue weighted by Gasteiger charge is 2.42. The van der Waals surface area contributed by atoms with Gasteiger partial charge in [-0.25, -0.2) is 0 Å². The minimum atomic E-state index is -0.810. The molecule has 0 aromatic rings. The molecule has 0 bridgehead atoms. The van der Waals surface area contributed by atoms with Crippen LogP contribution in [0, 0.1) is 17.3 Å². The number of carbonyl (C=O) groups is 3. The van der Waals surface area contributed by atoms with Crippen molar-refractivity contribution in [1.82, 2.24) is 10.6 Å². The highest BCUT2D eigenvalue weighted by molar-refractivity contribution is 5.83. The number of nitrogens with two attached hydrogens (primary N) is 1. The molecule has 7 nitrogen and oxygen atoms in total. The van der Waals surface area contributed by atoms with E-state index in [-0.39, 0.29) is 30.4 Å². The third kappa shape index (κ3) is 5.27. The fourth-order valence-corrected chi connectivity index (χ4v) is 2.75. The molecule has 0 aromatic carbocycles. The summed E-state index contributed by atoms with van der Waals surface area (Å²) in [6.07, 6.45) is 0.894. The maximum Gasteiger partial charge on any atom is 0.224 e. The molecule has 4 N–H and O–H groups in total. The van der Waals surface area contributed by atoms with E-state index in [1.165, 1.54) is 0 Å². The predicted octanol–water partition coefficient (Wildman–Crippen LogP) is 0.568. The summed E-state index contributed by atoms with van der Waals surface area (Å²) in [5.74, 6) is -0.870. The lowest BCUT2D eigenvalue weighted by molar-refractivity contribution is -0.131. The Morgan fingerprint density at radius 2 is 1.96 bits per heavy atom. The molecule has 1 rings (SSSR count). The number of hydrogen-bond acceptors (Lipinski definition) is 5. The average Bonchev–Trinajstić information content (AvgIpc) is 2.75. The Labute approximate surface area is 144 Å². The van der Waals surface area contributed by atoms with Gasteiger partial charge in [0.2, 0.25) is 11.8 Å². The fraction of sp³-hybridized carbons (Fsp3) is 0.824. The summed E-state index contributed by atoms with van der Waals surface area (Å²) in [5.41, 5.74) is 3.93. The minimum absolute atomic E-state index is 0.0707. The topological polar surface area (TPSA) is 111 Å². The molecule has 0 radical (unpaired) electrons. The summed E-state index contributed by atoms with van der Waals surface area (Å²) in [7, 11) is 0. The van der Waals surface area contributed by atoms with E-state index in [2.05, 4.69) is 10.6 Å². The van der Waals surface area contributed by atoms with E-state index in [1.807, 2.05) is 27.7 Å². The van der Waals surface area contributed by atoms with Gasteiger partial charge in [-0.2, -0.15) is 0 Å². The molecule has 2 amide bonds. The molecular formula is C17H31N3O4. The maximum absolute atomic E-state index is 12.6. The van der Waals surface area contributed by atoms with Crippen molar-refractivity contribution in [2.24, 2.45) is 23.0 Å². The number of ether oxygens (including phenoxy) is 1. The van der Waals surface area contributed by atoms with Gasteiger partial charge < -0.3 is 20.6 Å². The van der Waals surface area contributed by atoms with Crippen LogP contribution in [0.25, 0.3) is 0 Å². The van der Waals surface area contributed by atoms with Crippen LogP contribution in [-0.4, -0.2) is 42.5 Å². The summed E-state index contributed by atoms with van der Waals surface area (Å²) in [6, 6.07) is -0.434. The van der Waals surface area contributed by atoms with Crippen molar-refractivity contribution >= 4 is 18.1 Å². The smallest absolute Gasteiger partial charge is 0.224 e. The van der Waals surface area contributed by atoms with Gasteiger partial charge in [-0.3, -0.25) is 14.9 Å². The van der Waals surface area contributed by atoms with Crippen molar-refractivity contribution in [3.63, 3.8) is 0 Å². The number of hydrogen-bond donors (Lipinski definition) is 3. The van der Waals surface area contributed by atoms with E-state index in [4.69, 9.17) is 10.5 Å². The van der Waals surface area contributed by atoms with Crippen LogP contribution < -0.4 is 16.4 Å². The Balaban J connectivity index is 2.75. The predicted molar refractivity (Wildman–Crippen MR) is 90.9 cm³/mol. The lowest BCUT2D eigenvalue weighted by atomic mass is 9.86. The van der Waals surface area contributed by atoms with Gasteiger partial charge in [0.25, 0.3) is 0 Å². The van der Waals surface area contributed by atoms with Crippen molar-refractivity contribution in [2.45, 2.75) is 65.8 Å². The zero-order chi connectivity index (χ0) is 18.7. The van der Waals surface area contributed by atoms with Crippen LogP contribution in [-0.2, 0) is 19.1 Å². The number of rotatable bonds is 8. The van der Waals surface area contributed by atoms with Crippen LogP contribution in [0.4, 0.5) is 0 Å². The van der Waals surface area contributed by atoms with Gasteiger partial charge in [0, 0.05) is 12.5 Å². The normalized spacial score (nSPS) is 24.6. The Kier molecular flexibility index (Phi) is 6.52. The van der Waals surface area contributed by atoms with Crippen molar-refractivity contribution in [3.8, 4) is 0 Å². The molecular weight excluding hydrogens is 310 g/mol. The van der Waals surface area contributed by atoms with Crippen molar-refractivity contribution in [2.75, 3.05) is 6.54 Å². The van der Waals surface area contributed by atoms with Gasteiger partial charge >= 0.3 is 0 Å². The molecule has 0 aromatic heterocycles. The summed E-state index contributed by atoms with van der Waals surface area (Å²) in [4.78, 5) is 35.2. The number of primary amides is 1. The third-order valence-corrected chi connectivity index (χ3v) is 4.51. The summed E-state index contributed by atoms with van der Waals surface area (Å²) in [6.45, 7) is 11.2. The third-order valence-electron chi connectivity index (χ3n) is 4.51. The molecule has 1 saturated heterocycles. The molecule has 0 spiro atoms. The molecule has 24 heavy (non-hydrogen) atoms. The van der Waals surface area contributed by atoms with Gasteiger partial charge in [0.1, 0.15) is 12.0 Å². The first kappa shape index (κ1) is 20.6. The molecule has 0 aliphatic carbocycles. The van der Waals surface area contributed by atoms with Crippen LogP contribution in [0.15, 0.2) is 0 Å². The number of amides is 2. The molecule has 138 valence electrons. The molecule has 1 aliphatic rings. The second-order valence-corrected chi connectivity index (χ2v) is 8.02.